The molecular formula is C16H25N3O2. The van der Waals surface area contributed by atoms with Gasteiger partial charge in [-0.25, -0.2) is 4.98 Å². The standard InChI is InChI=1S/C16H25N3O2/c1-3-8-21-15-5-4-13(10-18-15)11-19-16(20)14-6-7-17-12(2)9-14/h4-5,10,12,14,17H,3,6-9,11H2,1-2H3,(H,19,20)/t12-,14-/m0/s1. The van der Waals surface area contributed by atoms with Crippen molar-refractivity contribution in [2.75, 3.05) is 13.2 Å². The molecule has 2 atom stereocenters. The maximum Gasteiger partial charge on any atom is 0.223 e. The summed E-state index contributed by atoms with van der Waals surface area (Å²) in [6, 6.07) is 4.22. The molecule has 21 heavy (non-hydrogen) atoms. The summed E-state index contributed by atoms with van der Waals surface area (Å²) in [4.78, 5) is 16.4. The Morgan fingerprint density at radius 2 is 2.38 bits per heavy atom. The molecule has 2 rings (SSSR count). The lowest BCUT2D eigenvalue weighted by Gasteiger charge is -2.27. The number of pyridine rings is 1. The van der Waals surface area contributed by atoms with E-state index in [0.717, 1.165) is 31.4 Å². The van der Waals surface area contributed by atoms with Gasteiger partial charge in [0, 0.05) is 30.8 Å². The number of carbonyl (C=O) groups excluding carboxylic acids is 1. The van der Waals surface area contributed by atoms with Crippen molar-refractivity contribution >= 4 is 5.91 Å². The van der Waals surface area contributed by atoms with Crippen LogP contribution in [-0.4, -0.2) is 30.1 Å². The van der Waals surface area contributed by atoms with Crippen LogP contribution in [0.5, 0.6) is 5.88 Å². The molecule has 5 nitrogen and oxygen atoms in total. The van der Waals surface area contributed by atoms with E-state index in [1.165, 1.54) is 0 Å². The summed E-state index contributed by atoms with van der Waals surface area (Å²) in [7, 11) is 0. The van der Waals surface area contributed by atoms with Crippen LogP contribution in [0.25, 0.3) is 0 Å². The molecule has 0 bridgehead atoms. The topological polar surface area (TPSA) is 63.2 Å². The molecule has 0 aliphatic carbocycles. The van der Waals surface area contributed by atoms with Gasteiger partial charge in [-0.15, -0.1) is 0 Å². The number of carbonyl (C=O) groups is 1. The molecule has 116 valence electrons. The van der Waals surface area contributed by atoms with E-state index in [1.54, 1.807) is 6.20 Å². The van der Waals surface area contributed by atoms with Crippen molar-refractivity contribution in [1.29, 1.82) is 0 Å². The molecule has 1 aliphatic rings. The van der Waals surface area contributed by atoms with Gasteiger partial charge in [-0.3, -0.25) is 4.79 Å². The Balaban J connectivity index is 1.78. The number of nitrogens with one attached hydrogen (secondary N) is 2. The van der Waals surface area contributed by atoms with Crippen molar-refractivity contribution in [1.82, 2.24) is 15.6 Å². The molecular weight excluding hydrogens is 266 g/mol. The normalized spacial score (nSPS) is 21.8. The van der Waals surface area contributed by atoms with E-state index in [9.17, 15) is 4.79 Å². The second kappa shape index (κ2) is 7.98. The van der Waals surface area contributed by atoms with Crippen LogP contribution in [0.1, 0.15) is 38.7 Å². The highest BCUT2D eigenvalue weighted by molar-refractivity contribution is 5.78. The number of hydrogen-bond donors (Lipinski definition) is 2. The molecule has 2 N–H and O–H groups in total. The minimum absolute atomic E-state index is 0.126. The summed E-state index contributed by atoms with van der Waals surface area (Å²) in [5, 5.41) is 6.36. The number of rotatable bonds is 6. The van der Waals surface area contributed by atoms with E-state index in [0.29, 0.717) is 25.1 Å². The van der Waals surface area contributed by atoms with E-state index in [2.05, 4.69) is 29.5 Å². The average molecular weight is 291 g/mol. The number of hydrogen-bond acceptors (Lipinski definition) is 4. The third kappa shape index (κ3) is 5.01. The Morgan fingerprint density at radius 3 is 3.05 bits per heavy atom. The van der Waals surface area contributed by atoms with E-state index in [1.807, 2.05) is 12.1 Å². The number of nitrogens with zero attached hydrogens (tertiary/aromatic N) is 1. The van der Waals surface area contributed by atoms with Gasteiger partial charge in [0.2, 0.25) is 11.8 Å². The van der Waals surface area contributed by atoms with Crippen molar-refractivity contribution in [3.8, 4) is 5.88 Å². The summed E-state index contributed by atoms with van der Waals surface area (Å²) in [5.74, 6) is 0.912. The zero-order valence-corrected chi connectivity index (χ0v) is 12.9. The van der Waals surface area contributed by atoms with Crippen molar-refractivity contribution in [3.63, 3.8) is 0 Å². The largest absolute Gasteiger partial charge is 0.478 e. The van der Waals surface area contributed by atoms with Gasteiger partial charge in [0.25, 0.3) is 0 Å². The first-order chi connectivity index (χ1) is 10.2. The minimum atomic E-state index is 0.126. The van der Waals surface area contributed by atoms with Crippen molar-refractivity contribution in [2.24, 2.45) is 5.92 Å². The third-order valence-corrected chi connectivity index (χ3v) is 3.71. The Kier molecular flexibility index (Phi) is 5.99. The second-order valence-corrected chi connectivity index (χ2v) is 5.65. The molecule has 0 unspecified atom stereocenters. The molecule has 1 aromatic heterocycles. The smallest absolute Gasteiger partial charge is 0.223 e. The fourth-order valence-electron chi connectivity index (χ4n) is 2.51. The van der Waals surface area contributed by atoms with Gasteiger partial charge in [-0.05, 0) is 38.3 Å². The van der Waals surface area contributed by atoms with E-state index >= 15 is 0 Å². The summed E-state index contributed by atoms with van der Waals surface area (Å²) < 4.78 is 5.44. The van der Waals surface area contributed by atoms with Gasteiger partial charge in [-0.1, -0.05) is 13.0 Å². The van der Waals surface area contributed by atoms with Crippen LogP contribution in [0.3, 0.4) is 0 Å². The fourth-order valence-corrected chi connectivity index (χ4v) is 2.51. The Morgan fingerprint density at radius 1 is 1.52 bits per heavy atom. The summed E-state index contributed by atoms with van der Waals surface area (Å²) in [6.07, 6.45) is 4.55. The Hall–Kier alpha value is -1.62. The average Bonchev–Trinajstić information content (AvgIpc) is 2.51. The summed E-state index contributed by atoms with van der Waals surface area (Å²) in [6.45, 7) is 6.31. The molecule has 2 heterocycles. The lowest BCUT2D eigenvalue weighted by molar-refractivity contribution is -0.126. The highest BCUT2D eigenvalue weighted by atomic mass is 16.5. The second-order valence-electron chi connectivity index (χ2n) is 5.65. The van der Waals surface area contributed by atoms with Gasteiger partial charge < -0.3 is 15.4 Å². The zero-order valence-electron chi connectivity index (χ0n) is 12.9. The number of ether oxygens (including phenoxy) is 1. The number of aromatic nitrogens is 1. The first-order valence-electron chi connectivity index (χ1n) is 7.78. The molecule has 1 aromatic rings. The lowest BCUT2D eigenvalue weighted by Crippen LogP contribution is -2.42. The van der Waals surface area contributed by atoms with Gasteiger partial charge in [0.1, 0.15) is 0 Å². The summed E-state index contributed by atoms with van der Waals surface area (Å²) >= 11 is 0. The molecule has 0 spiro atoms. The maximum atomic E-state index is 12.1. The SMILES string of the molecule is CCCOc1ccc(CNC(=O)[C@H]2CCN[C@@H](C)C2)cn1. The monoisotopic (exact) mass is 291 g/mol. The molecule has 5 heteroatoms. The first-order valence-corrected chi connectivity index (χ1v) is 7.78. The fraction of sp³-hybridized carbons (Fsp3) is 0.625. The van der Waals surface area contributed by atoms with Gasteiger partial charge in [0.15, 0.2) is 0 Å². The van der Waals surface area contributed by atoms with Gasteiger partial charge in [0.05, 0.1) is 6.61 Å². The predicted octanol–water partition coefficient (Wildman–Crippen LogP) is 1.87. The number of piperidine rings is 1. The van der Waals surface area contributed by atoms with Crippen LogP contribution in [0.15, 0.2) is 18.3 Å². The molecule has 0 aromatic carbocycles. The van der Waals surface area contributed by atoms with Crippen LogP contribution in [-0.2, 0) is 11.3 Å². The van der Waals surface area contributed by atoms with E-state index < -0.39 is 0 Å². The van der Waals surface area contributed by atoms with E-state index in [-0.39, 0.29) is 11.8 Å². The van der Waals surface area contributed by atoms with Crippen LogP contribution in [0.2, 0.25) is 0 Å². The summed E-state index contributed by atoms with van der Waals surface area (Å²) in [5.41, 5.74) is 0.995. The first kappa shape index (κ1) is 15.8. The molecule has 1 aliphatic heterocycles. The lowest BCUT2D eigenvalue weighted by atomic mass is 9.92. The quantitative estimate of drug-likeness (QED) is 0.840. The van der Waals surface area contributed by atoms with Gasteiger partial charge >= 0.3 is 0 Å². The van der Waals surface area contributed by atoms with Gasteiger partial charge in [-0.2, -0.15) is 0 Å². The van der Waals surface area contributed by atoms with Crippen molar-refractivity contribution in [2.45, 2.75) is 45.7 Å². The Bertz CT molecular complexity index is 447. The van der Waals surface area contributed by atoms with Crippen LogP contribution in [0.4, 0.5) is 0 Å². The Labute approximate surface area is 126 Å². The molecule has 1 amide bonds. The molecule has 1 saturated heterocycles. The molecule has 0 saturated carbocycles. The number of amides is 1. The zero-order chi connectivity index (χ0) is 15.1. The van der Waals surface area contributed by atoms with Crippen LogP contribution >= 0.6 is 0 Å². The maximum absolute atomic E-state index is 12.1. The minimum Gasteiger partial charge on any atom is -0.478 e. The molecule has 1 fully saturated rings. The van der Waals surface area contributed by atoms with Crippen LogP contribution in [0, 0.1) is 5.92 Å². The van der Waals surface area contributed by atoms with Crippen LogP contribution < -0.4 is 15.4 Å². The highest BCUT2D eigenvalue weighted by Crippen LogP contribution is 2.16. The predicted molar refractivity (Wildman–Crippen MR) is 82.1 cm³/mol. The van der Waals surface area contributed by atoms with Crippen molar-refractivity contribution < 1.29 is 9.53 Å². The third-order valence-electron chi connectivity index (χ3n) is 3.71. The molecule has 0 radical (unpaired) electrons. The van der Waals surface area contributed by atoms with E-state index in [4.69, 9.17) is 4.74 Å². The highest BCUT2D eigenvalue weighted by Gasteiger charge is 2.24. The van der Waals surface area contributed by atoms with Crippen molar-refractivity contribution in [3.05, 3.63) is 23.9 Å².